The van der Waals surface area contributed by atoms with E-state index in [1.807, 2.05) is 12.1 Å². The molecule has 1 heterocycles. The lowest BCUT2D eigenvalue weighted by atomic mass is 10.1. The van der Waals surface area contributed by atoms with Crippen molar-refractivity contribution < 1.29 is 19.1 Å². The number of fused-ring (bicyclic) bond motifs is 1. The van der Waals surface area contributed by atoms with E-state index in [4.69, 9.17) is 0 Å². The van der Waals surface area contributed by atoms with Crippen LogP contribution in [0.3, 0.4) is 0 Å². The number of hydrogen-bond acceptors (Lipinski definition) is 6. The molecule has 1 aromatic carbocycles. The van der Waals surface area contributed by atoms with Gasteiger partial charge in [0.05, 0.1) is 31.3 Å². The van der Waals surface area contributed by atoms with Gasteiger partial charge in [0.1, 0.15) is 11.5 Å². The van der Waals surface area contributed by atoms with Gasteiger partial charge in [0, 0.05) is 12.1 Å². The molecule has 0 aliphatic rings. The number of imidazole rings is 1. The van der Waals surface area contributed by atoms with Crippen LogP contribution in [0.1, 0.15) is 19.7 Å². The SMILES string of the molecule is COC(=O)/C=C(/Nc1ccc2nc(CC(C)C)[nH]c2c1)C(=O)OC. The summed E-state index contributed by atoms with van der Waals surface area (Å²) in [5.74, 6) is 0.0999. The maximum atomic E-state index is 11.8. The van der Waals surface area contributed by atoms with E-state index >= 15 is 0 Å². The number of nitrogens with one attached hydrogen (secondary N) is 2. The number of aromatic nitrogens is 2. The number of nitrogens with zero attached hydrogens (tertiary/aromatic N) is 1. The molecule has 2 rings (SSSR count). The fraction of sp³-hybridized carbons (Fsp3) is 0.353. The third kappa shape index (κ3) is 4.34. The van der Waals surface area contributed by atoms with Crippen LogP contribution in [0.25, 0.3) is 11.0 Å². The fourth-order valence-electron chi connectivity index (χ4n) is 2.21. The van der Waals surface area contributed by atoms with Crippen molar-refractivity contribution in [2.75, 3.05) is 19.5 Å². The average molecular weight is 331 g/mol. The van der Waals surface area contributed by atoms with Gasteiger partial charge in [-0.1, -0.05) is 13.8 Å². The molecule has 0 amide bonds. The molecule has 0 atom stereocenters. The summed E-state index contributed by atoms with van der Waals surface area (Å²) in [7, 11) is 2.48. The van der Waals surface area contributed by atoms with Crippen LogP contribution in [-0.4, -0.2) is 36.1 Å². The van der Waals surface area contributed by atoms with E-state index in [1.54, 1.807) is 6.07 Å². The Hall–Kier alpha value is -2.83. The maximum Gasteiger partial charge on any atom is 0.354 e. The summed E-state index contributed by atoms with van der Waals surface area (Å²) in [4.78, 5) is 30.9. The van der Waals surface area contributed by atoms with E-state index in [1.165, 1.54) is 14.2 Å². The van der Waals surface area contributed by atoms with Crippen molar-refractivity contribution in [3.05, 3.63) is 35.8 Å². The molecule has 0 saturated carbocycles. The Kier molecular flexibility index (Phi) is 5.57. The molecular formula is C17H21N3O4. The minimum absolute atomic E-state index is 0.00869. The van der Waals surface area contributed by atoms with Crippen LogP contribution in [-0.2, 0) is 25.5 Å². The molecule has 2 aromatic rings. The summed E-state index contributed by atoms with van der Waals surface area (Å²) in [5.41, 5.74) is 2.30. The van der Waals surface area contributed by atoms with Crippen molar-refractivity contribution in [2.24, 2.45) is 5.92 Å². The molecule has 128 valence electrons. The van der Waals surface area contributed by atoms with Crippen LogP contribution < -0.4 is 5.32 Å². The second-order valence-electron chi connectivity index (χ2n) is 5.71. The lowest BCUT2D eigenvalue weighted by Crippen LogP contribution is -2.15. The third-order valence-corrected chi connectivity index (χ3v) is 3.28. The van der Waals surface area contributed by atoms with Gasteiger partial charge in [-0.05, 0) is 24.1 Å². The number of aromatic amines is 1. The summed E-state index contributed by atoms with van der Waals surface area (Å²) in [5, 5.41) is 2.88. The van der Waals surface area contributed by atoms with Gasteiger partial charge in [-0.3, -0.25) is 0 Å². The number of H-pyrrole nitrogens is 1. The zero-order valence-electron chi connectivity index (χ0n) is 14.2. The quantitative estimate of drug-likeness (QED) is 0.624. The molecule has 0 spiro atoms. The average Bonchev–Trinajstić information content (AvgIpc) is 2.93. The molecule has 0 aliphatic heterocycles. The van der Waals surface area contributed by atoms with E-state index in [0.29, 0.717) is 11.6 Å². The van der Waals surface area contributed by atoms with Crippen LogP contribution in [0.2, 0.25) is 0 Å². The normalized spacial score (nSPS) is 11.6. The van der Waals surface area contributed by atoms with Crippen molar-refractivity contribution in [1.29, 1.82) is 0 Å². The Morgan fingerprint density at radius 2 is 2.04 bits per heavy atom. The highest BCUT2D eigenvalue weighted by Crippen LogP contribution is 2.20. The van der Waals surface area contributed by atoms with E-state index in [2.05, 4.69) is 38.6 Å². The highest BCUT2D eigenvalue weighted by atomic mass is 16.5. The number of anilines is 1. The minimum Gasteiger partial charge on any atom is -0.466 e. The largest absolute Gasteiger partial charge is 0.466 e. The topological polar surface area (TPSA) is 93.3 Å². The number of carbonyl (C=O) groups is 2. The third-order valence-electron chi connectivity index (χ3n) is 3.28. The predicted octanol–water partition coefficient (Wildman–Crippen LogP) is 2.40. The van der Waals surface area contributed by atoms with Crippen molar-refractivity contribution in [3.63, 3.8) is 0 Å². The molecule has 24 heavy (non-hydrogen) atoms. The van der Waals surface area contributed by atoms with Crippen LogP contribution >= 0.6 is 0 Å². The summed E-state index contributed by atoms with van der Waals surface area (Å²) in [6.45, 7) is 4.25. The number of ether oxygens (including phenoxy) is 2. The first kappa shape index (κ1) is 17.5. The second-order valence-corrected chi connectivity index (χ2v) is 5.71. The number of esters is 2. The molecule has 2 N–H and O–H groups in total. The summed E-state index contributed by atoms with van der Waals surface area (Å²) in [6.07, 6.45) is 1.90. The van der Waals surface area contributed by atoms with Crippen molar-refractivity contribution in [1.82, 2.24) is 9.97 Å². The van der Waals surface area contributed by atoms with E-state index in [0.717, 1.165) is 29.4 Å². The first-order chi connectivity index (χ1) is 11.4. The molecule has 1 aromatic heterocycles. The highest BCUT2D eigenvalue weighted by molar-refractivity contribution is 5.99. The number of benzene rings is 1. The van der Waals surface area contributed by atoms with Gasteiger partial charge in [0.25, 0.3) is 0 Å². The second kappa shape index (κ2) is 7.63. The van der Waals surface area contributed by atoms with Gasteiger partial charge >= 0.3 is 11.9 Å². The molecule has 0 fully saturated rings. The van der Waals surface area contributed by atoms with Gasteiger partial charge in [0.2, 0.25) is 0 Å². The predicted molar refractivity (Wildman–Crippen MR) is 90.4 cm³/mol. The molecule has 7 nitrogen and oxygen atoms in total. The van der Waals surface area contributed by atoms with Crippen LogP contribution in [0, 0.1) is 5.92 Å². The monoisotopic (exact) mass is 331 g/mol. The first-order valence-electron chi connectivity index (χ1n) is 7.56. The van der Waals surface area contributed by atoms with Gasteiger partial charge < -0.3 is 19.8 Å². The number of rotatable bonds is 6. The van der Waals surface area contributed by atoms with Gasteiger partial charge in [-0.15, -0.1) is 0 Å². The van der Waals surface area contributed by atoms with E-state index in [9.17, 15) is 9.59 Å². The Labute approximate surface area is 140 Å². The van der Waals surface area contributed by atoms with Crippen molar-refractivity contribution >= 4 is 28.7 Å². The van der Waals surface area contributed by atoms with Gasteiger partial charge in [0.15, 0.2) is 0 Å². The fourth-order valence-corrected chi connectivity index (χ4v) is 2.21. The lowest BCUT2D eigenvalue weighted by Gasteiger charge is -2.08. The zero-order valence-corrected chi connectivity index (χ0v) is 14.2. The van der Waals surface area contributed by atoms with E-state index in [-0.39, 0.29) is 5.70 Å². The molecule has 7 heteroatoms. The van der Waals surface area contributed by atoms with Crippen LogP contribution in [0.4, 0.5) is 5.69 Å². The highest BCUT2D eigenvalue weighted by Gasteiger charge is 2.13. The Morgan fingerprint density at radius 1 is 1.29 bits per heavy atom. The summed E-state index contributed by atoms with van der Waals surface area (Å²) < 4.78 is 9.21. The molecule has 0 unspecified atom stereocenters. The van der Waals surface area contributed by atoms with Crippen LogP contribution in [0.5, 0.6) is 0 Å². The maximum absolute atomic E-state index is 11.8. The molecule has 0 radical (unpaired) electrons. The number of carbonyl (C=O) groups excluding carboxylic acids is 2. The van der Waals surface area contributed by atoms with Crippen molar-refractivity contribution in [3.8, 4) is 0 Å². The first-order valence-corrected chi connectivity index (χ1v) is 7.56. The molecule has 0 aliphatic carbocycles. The molecule has 0 saturated heterocycles. The lowest BCUT2D eigenvalue weighted by molar-refractivity contribution is -0.138. The minimum atomic E-state index is -0.661. The Morgan fingerprint density at radius 3 is 2.67 bits per heavy atom. The number of hydrogen-bond donors (Lipinski definition) is 2. The van der Waals surface area contributed by atoms with Crippen molar-refractivity contribution in [2.45, 2.75) is 20.3 Å². The van der Waals surface area contributed by atoms with Gasteiger partial charge in [-0.25, -0.2) is 14.6 Å². The summed E-state index contributed by atoms with van der Waals surface area (Å²) >= 11 is 0. The number of methoxy groups -OCH3 is 2. The molecule has 0 bridgehead atoms. The van der Waals surface area contributed by atoms with Crippen LogP contribution in [0.15, 0.2) is 30.0 Å². The van der Waals surface area contributed by atoms with E-state index < -0.39 is 11.9 Å². The molecular weight excluding hydrogens is 310 g/mol. The Bertz CT molecular complexity index is 777. The zero-order chi connectivity index (χ0) is 17.7. The Balaban J connectivity index is 2.28. The summed E-state index contributed by atoms with van der Waals surface area (Å²) in [6, 6.07) is 5.43. The standard InChI is InChI=1S/C17H21N3O4/c1-10(2)7-15-19-12-6-5-11(8-13(12)20-15)18-14(17(22)24-4)9-16(21)23-3/h5-6,8-10,18H,7H2,1-4H3,(H,19,20)/b14-9+. The van der Waals surface area contributed by atoms with Gasteiger partial charge in [-0.2, -0.15) is 0 Å². The smallest absolute Gasteiger partial charge is 0.354 e.